The average molecular weight is 427 g/mol. The Balaban J connectivity index is 2.07. The Morgan fingerprint density at radius 1 is 1.07 bits per heavy atom. The van der Waals surface area contributed by atoms with Gasteiger partial charge in [-0.2, -0.15) is 5.26 Å². The molecule has 0 amide bonds. The first kappa shape index (κ1) is 19.0. The lowest BCUT2D eigenvalue weighted by atomic mass is 10.1. The van der Waals surface area contributed by atoms with Gasteiger partial charge in [-0.25, -0.2) is 22.2 Å². The highest BCUT2D eigenvalue weighted by Gasteiger charge is 2.28. The van der Waals surface area contributed by atoms with E-state index in [2.05, 4.69) is 4.98 Å². The molecule has 5 nitrogen and oxygen atoms in total. The Kier molecular flexibility index (Phi) is 4.53. The van der Waals surface area contributed by atoms with Crippen molar-refractivity contribution in [1.82, 2.24) is 4.98 Å². The summed E-state index contributed by atoms with van der Waals surface area (Å²) in [6, 6.07) is 11.7. The van der Waals surface area contributed by atoms with E-state index in [4.69, 9.17) is 11.0 Å². The summed E-state index contributed by atoms with van der Waals surface area (Å²) in [5, 5.41) is 9.50. The number of nitrogens with two attached hydrogens (primary N) is 1. The van der Waals surface area contributed by atoms with Crippen molar-refractivity contribution < 1.29 is 17.2 Å². The number of nitrogens with zero attached hydrogens (tertiary/aromatic N) is 2. The Morgan fingerprint density at radius 2 is 1.86 bits per heavy atom. The summed E-state index contributed by atoms with van der Waals surface area (Å²) >= 11 is 0.872. The molecule has 0 saturated carbocycles. The van der Waals surface area contributed by atoms with Gasteiger partial charge in [0.05, 0.1) is 28.4 Å². The van der Waals surface area contributed by atoms with E-state index in [-0.39, 0.29) is 20.2 Å². The molecule has 2 N–H and O–H groups in total. The minimum Gasteiger partial charge on any atom is -0.397 e. The van der Waals surface area contributed by atoms with Crippen LogP contribution in [0.1, 0.15) is 5.56 Å². The van der Waals surface area contributed by atoms with Crippen LogP contribution in [-0.4, -0.2) is 13.4 Å². The maximum absolute atomic E-state index is 13.9. The second-order valence-corrected chi connectivity index (χ2v) is 9.33. The van der Waals surface area contributed by atoms with Crippen molar-refractivity contribution in [3.8, 4) is 17.2 Å². The van der Waals surface area contributed by atoms with Crippen LogP contribution in [0.15, 0.2) is 63.8 Å². The monoisotopic (exact) mass is 427 g/mol. The largest absolute Gasteiger partial charge is 0.397 e. The Hall–Kier alpha value is -3.35. The molecule has 0 saturated heterocycles. The van der Waals surface area contributed by atoms with Gasteiger partial charge in [-0.3, -0.25) is 0 Å². The van der Waals surface area contributed by atoms with E-state index in [0.29, 0.717) is 21.5 Å². The van der Waals surface area contributed by atoms with Crippen LogP contribution in [0.4, 0.5) is 14.5 Å². The summed E-state index contributed by atoms with van der Waals surface area (Å²) in [7, 11) is -4.24. The van der Waals surface area contributed by atoms with Gasteiger partial charge < -0.3 is 5.73 Å². The molecule has 0 bridgehead atoms. The third-order valence-corrected chi connectivity index (χ3v) is 7.57. The molecule has 0 radical (unpaired) electrons. The lowest BCUT2D eigenvalue weighted by Gasteiger charge is -2.08. The van der Waals surface area contributed by atoms with Gasteiger partial charge in [-0.05, 0) is 42.0 Å². The Morgan fingerprint density at radius 3 is 2.59 bits per heavy atom. The predicted molar refractivity (Wildman–Crippen MR) is 106 cm³/mol. The summed E-state index contributed by atoms with van der Waals surface area (Å²) in [6.45, 7) is 0. The van der Waals surface area contributed by atoms with Gasteiger partial charge in [0.1, 0.15) is 20.7 Å². The summed E-state index contributed by atoms with van der Waals surface area (Å²) in [5.41, 5.74) is 6.56. The number of hydrogen-bond acceptors (Lipinski definition) is 6. The number of aromatic nitrogens is 1. The fourth-order valence-corrected chi connectivity index (χ4v) is 6.08. The summed E-state index contributed by atoms with van der Waals surface area (Å²) in [6.07, 6.45) is 1.39. The zero-order chi connectivity index (χ0) is 20.8. The third-order valence-electron chi connectivity index (χ3n) is 4.20. The van der Waals surface area contributed by atoms with Crippen molar-refractivity contribution in [1.29, 1.82) is 5.26 Å². The molecular weight excluding hydrogens is 416 g/mol. The quantitative estimate of drug-likeness (QED) is 0.518. The first-order chi connectivity index (χ1) is 13.8. The van der Waals surface area contributed by atoms with Crippen molar-refractivity contribution in [2.45, 2.75) is 9.10 Å². The maximum atomic E-state index is 13.9. The standard InChI is InChI=1S/C20H11F2N3O2S2/c21-13-3-1-2-12(6-13)18-17-8-15(24)10-25-19(17)28-20(18)29(26,27)16-5-11(9-23)4-14(22)7-16/h1-8,10H,24H2. The molecule has 2 heterocycles. The number of nitriles is 1. The maximum Gasteiger partial charge on any atom is 0.216 e. The lowest BCUT2D eigenvalue weighted by Crippen LogP contribution is -2.03. The van der Waals surface area contributed by atoms with E-state index >= 15 is 0 Å². The van der Waals surface area contributed by atoms with Crippen molar-refractivity contribution >= 4 is 37.1 Å². The molecule has 0 unspecified atom stereocenters. The van der Waals surface area contributed by atoms with Crippen molar-refractivity contribution in [3.05, 3.63) is 71.9 Å². The molecule has 29 heavy (non-hydrogen) atoms. The second-order valence-electron chi connectivity index (χ2n) is 6.19. The Labute approximate surface area is 168 Å². The zero-order valence-corrected chi connectivity index (χ0v) is 16.2. The number of anilines is 1. The fourth-order valence-electron chi connectivity index (χ4n) is 2.97. The Bertz CT molecular complexity index is 1420. The number of pyridine rings is 1. The van der Waals surface area contributed by atoms with Crippen molar-refractivity contribution in [3.63, 3.8) is 0 Å². The van der Waals surface area contributed by atoms with Crippen LogP contribution < -0.4 is 5.73 Å². The second kappa shape index (κ2) is 6.92. The number of hydrogen-bond donors (Lipinski definition) is 1. The molecule has 0 aliphatic carbocycles. The van der Waals surface area contributed by atoms with Crippen LogP contribution in [0.5, 0.6) is 0 Å². The first-order valence-electron chi connectivity index (χ1n) is 8.19. The number of benzene rings is 2. The molecule has 2 aromatic carbocycles. The fraction of sp³-hybridized carbons (Fsp3) is 0. The van der Waals surface area contributed by atoms with Crippen LogP contribution in [0.3, 0.4) is 0 Å². The molecule has 4 rings (SSSR count). The summed E-state index contributed by atoms with van der Waals surface area (Å²) in [5.74, 6) is -1.39. The van der Waals surface area contributed by atoms with Crippen LogP contribution in [0.2, 0.25) is 0 Å². The van der Waals surface area contributed by atoms with E-state index in [9.17, 15) is 17.2 Å². The minimum atomic E-state index is -4.24. The number of sulfone groups is 1. The van der Waals surface area contributed by atoms with Crippen molar-refractivity contribution in [2.75, 3.05) is 5.73 Å². The normalized spacial score (nSPS) is 11.5. The number of rotatable bonds is 3. The topological polar surface area (TPSA) is 96.8 Å². The molecule has 0 atom stereocenters. The summed E-state index contributed by atoms with van der Waals surface area (Å²) < 4.78 is 54.4. The molecule has 4 aromatic rings. The predicted octanol–water partition coefficient (Wildman–Crippen LogP) is 4.53. The van der Waals surface area contributed by atoms with E-state index in [1.807, 2.05) is 0 Å². The molecule has 9 heteroatoms. The van der Waals surface area contributed by atoms with Gasteiger partial charge in [0, 0.05) is 10.9 Å². The number of fused-ring (bicyclic) bond motifs is 1. The van der Waals surface area contributed by atoms with Gasteiger partial charge in [-0.1, -0.05) is 12.1 Å². The molecule has 0 fully saturated rings. The molecule has 0 aliphatic heterocycles. The molecule has 0 aliphatic rings. The summed E-state index contributed by atoms with van der Waals surface area (Å²) in [4.78, 5) is 4.19. The number of thiophene rings is 1. The van der Waals surface area contributed by atoms with Crippen LogP contribution in [0.25, 0.3) is 21.3 Å². The third kappa shape index (κ3) is 3.33. The van der Waals surface area contributed by atoms with E-state index in [1.54, 1.807) is 18.2 Å². The van der Waals surface area contributed by atoms with Gasteiger partial charge in [0.25, 0.3) is 0 Å². The van der Waals surface area contributed by atoms with E-state index in [1.165, 1.54) is 24.4 Å². The molecule has 2 aromatic heterocycles. The molecule has 0 spiro atoms. The van der Waals surface area contributed by atoms with Gasteiger partial charge in [-0.15, -0.1) is 11.3 Å². The smallest absolute Gasteiger partial charge is 0.216 e. The molecular formula is C20H11F2N3O2S2. The lowest BCUT2D eigenvalue weighted by molar-refractivity contribution is 0.592. The van der Waals surface area contributed by atoms with Crippen LogP contribution >= 0.6 is 11.3 Å². The average Bonchev–Trinajstić information content (AvgIpc) is 3.06. The minimum absolute atomic E-state index is 0.126. The molecule has 144 valence electrons. The highest BCUT2D eigenvalue weighted by atomic mass is 32.2. The highest BCUT2D eigenvalue weighted by molar-refractivity contribution is 7.93. The van der Waals surface area contributed by atoms with Crippen LogP contribution in [-0.2, 0) is 9.84 Å². The number of nitrogen functional groups attached to an aromatic ring is 1. The van der Waals surface area contributed by atoms with Crippen LogP contribution in [0, 0.1) is 23.0 Å². The highest BCUT2D eigenvalue weighted by Crippen LogP contribution is 2.43. The van der Waals surface area contributed by atoms with E-state index in [0.717, 1.165) is 29.5 Å². The van der Waals surface area contributed by atoms with E-state index < -0.39 is 21.5 Å². The van der Waals surface area contributed by atoms with Crippen molar-refractivity contribution in [2.24, 2.45) is 0 Å². The SMILES string of the molecule is N#Cc1cc(F)cc(S(=O)(=O)c2sc3ncc(N)cc3c2-c2cccc(F)c2)c1. The number of halogens is 2. The van der Waals surface area contributed by atoms with Gasteiger partial charge >= 0.3 is 0 Å². The first-order valence-corrected chi connectivity index (χ1v) is 10.5. The zero-order valence-electron chi connectivity index (χ0n) is 14.6. The van der Waals surface area contributed by atoms with Gasteiger partial charge in [0.15, 0.2) is 0 Å². The van der Waals surface area contributed by atoms with Gasteiger partial charge in [0.2, 0.25) is 9.84 Å².